The number of hydrogen-bond acceptors (Lipinski definition) is 5. The van der Waals surface area contributed by atoms with Gasteiger partial charge >= 0.3 is 0 Å². The van der Waals surface area contributed by atoms with E-state index in [0.29, 0.717) is 23.8 Å². The second kappa shape index (κ2) is 4.82. The molecule has 2 heterocycles. The first-order valence-electron chi connectivity index (χ1n) is 4.93. The van der Waals surface area contributed by atoms with Gasteiger partial charge in [0.25, 0.3) is 0 Å². The number of thiophene rings is 1. The molecule has 1 atom stereocenters. The van der Waals surface area contributed by atoms with Crippen molar-refractivity contribution in [3.63, 3.8) is 0 Å². The first-order valence-corrected chi connectivity index (χ1v) is 7.61. The summed E-state index contributed by atoms with van der Waals surface area (Å²) in [6.07, 6.45) is 2.65. The van der Waals surface area contributed by atoms with Crippen LogP contribution in [0, 0.1) is 11.5 Å². The minimum absolute atomic E-state index is 0.206. The highest BCUT2D eigenvalue weighted by Crippen LogP contribution is 2.26. The normalized spacial score (nSPS) is 20.5. The molecule has 1 fully saturated rings. The van der Waals surface area contributed by atoms with E-state index in [1.807, 2.05) is 6.19 Å². The highest BCUT2D eigenvalue weighted by molar-refractivity contribution is 7.91. The Morgan fingerprint density at radius 1 is 1.59 bits per heavy atom. The molecule has 0 amide bonds. The van der Waals surface area contributed by atoms with Gasteiger partial charge < -0.3 is 4.90 Å². The summed E-state index contributed by atoms with van der Waals surface area (Å²) in [7, 11) is -3.51. The fourth-order valence-corrected chi connectivity index (χ4v) is 4.43. The van der Waals surface area contributed by atoms with Crippen LogP contribution in [0.5, 0.6) is 0 Å². The third-order valence-electron chi connectivity index (χ3n) is 2.46. The van der Waals surface area contributed by atoms with Crippen LogP contribution in [-0.4, -0.2) is 32.4 Å². The van der Waals surface area contributed by atoms with Crippen LogP contribution >= 0.6 is 22.9 Å². The maximum absolute atomic E-state index is 11.9. The van der Waals surface area contributed by atoms with Gasteiger partial charge in [0.05, 0.1) is 4.34 Å². The Hall–Kier alpha value is -0.810. The summed E-state index contributed by atoms with van der Waals surface area (Å²) in [5.74, 6) is 0. The van der Waals surface area contributed by atoms with Gasteiger partial charge in [-0.2, -0.15) is 5.26 Å². The molecule has 5 nitrogen and oxygen atoms in total. The molecule has 0 saturated carbocycles. The average molecular weight is 292 g/mol. The lowest BCUT2D eigenvalue weighted by molar-refractivity contribution is 0.470. The molecule has 0 bridgehead atoms. The molecule has 1 aromatic rings. The van der Waals surface area contributed by atoms with Crippen molar-refractivity contribution in [3.05, 3.63) is 16.5 Å². The molecule has 0 spiro atoms. The highest BCUT2D eigenvalue weighted by atomic mass is 35.5. The molecule has 1 aromatic heterocycles. The van der Waals surface area contributed by atoms with E-state index >= 15 is 0 Å². The molecular weight excluding hydrogens is 282 g/mol. The van der Waals surface area contributed by atoms with Crippen molar-refractivity contribution < 1.29 is 8.42 Å². The number of nitrogens with one attached hydrogen (secondary N) is 1. The second-order valence-electron chi connectivity index (χ2n) is 3.71. The van der Waals surface area contributed by atoms with Crippen molar-refractivity contribution in [2.75, 3.05) is 13.1 Å². The van der Waals surface area contributed by atoms with Crippen molar-refractivity contribution in [3.8, 4) is 6.19 Å². The van der Waals surface area contributed by atoms with Crippen LogP contribution in [0.2, 0.25) is 4.34 Å². The van der Waals surface area contributed by atoms with Gasteiger partial charge in [-0.25, -0.2) is 13.1 Å². The average Bonchev–Trinajstić information content (AvgIpc) is 2.86. The topological polar surface area (TPSA) is 73.2 Å². The molecule has 8 heteroatoms. The predicted molar refractivity (Wildman–Crippen MR) is 65.2 cm³/mol. The molecule has 2 rings (SSSR count). The summed E-state index contributed by atoms with van der Waals surface area (Å²) in [5, 5.41) is 8.69. The minimum atomic E-state index is -3.51. The van der Waals surface area contributed by atoms with Crippen LogP contribution in [0.4, 0.5) is 0 Å². The molecule has 1 N–H and O–H groups in total. The Morgan fingerprint density at radius 2 is 2.35 bits per heavy atom. The van der Waals surface area contributed by atoms with Crippen LogP contribution in [0.25, 0.3) is 0 Å². The molecule has 0 aromatic carbocycles. The van der Waals surface area contributed by atoms with Crippen LogP contribution in [0.1, 0.15) is 6.42 Å². The van der Waals surface area contributed by atoms with E-state index in [1.165, 1.54) is 11.0 Å². The number of sulfonamides is 1. The molecule has 92 valence electrons. The van der Waals surface area contributed by atoms with E-state index in [9.17, 15) is 8.42 Å². The SMILES string of the molecule is N#CN1CC[C@@H](NS(=O)(=O)c2ccc(Cl)s2)C1. The van der Waals surface area contributed by atoms with Gasteiger partial charge in [-0.05, 0) is 18.6 Å². The largest absolute Gasteiger partial charge is 0.309 e. The molecule has 0 radical (unpaired) electrons. The first-order chi connectivity index (χ1) is 8.01. The smallest absolute Gasteiger partial charge is 0.250 e. The van der Waals surface area contributed by atoms with Crippen LogP contribution in [-0.2, 0) is 10.0 Å². The lowest BCUT2D eigenvalue weighted by Crippen LogP contribution is -2.36. The molecule has 0 unspecified atom stereocenters. The summed E-state index contributed by atoms with van der Waals surface area (Å²) in [6, 6.07) is 2.82. The van der Waals surface area contributed by atoms with Gasteiger partial charge in [0.1, 0.15) is 4.21 Å². The molecule has 1 aliphatic heterocycles. The Morgan fingerprint density at radius 3 is 2.88 bits per heavy atom. The van der Waals surface area contributed by atoms with Crippen LogP contribution < -0.4 is 4.72 Å². The molecule has 1 saturated heterocycles. The van der Waals surface area contributed by atoms with Gasteiger partial charge in [-0.1, -0.05) is 11.6 Å². The van der Waals surface area contributed by atoms with E-state index in [0.717, 1.165) is 11.3 Å². The van der Waals surface area contributed by atoms with Gasteiger partial charge in [-0.15, -0.1) is 11.3 Å². The van der Waals surface area contributed by atoms with E-state index in [1.54, 1.807) is 6.07 Å². The third kappa shape index (κ3) is 2.90. The van der Waals surface area contributed by atoms with Crippen molar-refractivity contribution in [1.29, 1.82) is 5.26 Å². The van der Waals surface area contributed by atoms with Gasteiger partial charge in [0.2, 0.25) is 10.0 Å². The van der Waals surface area contributed by atoms with Gasteiger partial charge in [0, 0.05) is 19.1 Å². The first kappa shape index (κ1) is 12.6. The van der Waals surface area contributed by atoms with Gasteiger partial charge in [0.15, 0.2) is 6.19 Å². The summed E-state index contributed by atoms with van der Waals surface area (Å²) in [6.45, 7) is 1.02. The fourth-order valence-electron chi connectivity index (χ4n) is 1.67. The van der Waals surface area contributed by atoms with Crippen LogP contribution in [0.3, 0.4) is 0 Å². The molecule has 0 aliphatic carbocycles. The highest BCUT2D eigenvalue weighted by Gasteiger charge is 2.27. The summed E-state index contributed by atoms with van der Waals surface area (Å²) in [4.78, 5) is 1.54. The minimum Gasteiger partial charge on any atom is -0.309 e. The quantitative estimate of drug-likeness (QED) is 0.850. The Balaban J connectivity index is 2.07. The predicted octanol–water partition coefficient (Wildman–Crippen LogP) is 1.24. The van der Waals surface area contributed by atoms with Crippen molar-refractivity contribution in [2.45, 2.75) is 16.7 Å². The monoisotopic (exact) mass is 291 g/mol. The molecule has 1 aliphatic rings. The summed E-state index contributed by atoms with van der Waals surface area (Å²) >= 11 is 6.72. The molecule has 17 heavy (non-hydrogen) atoms. The number of rotatable bonds is 3. The van der Waals surface area contributed by atoms with E-state index in [2.05, 4.69) is 4.72 Å². The Kier molecular flexibility index (Phi) is 3.58. The summed E-state index contributed by atoms with van der Waals surface area (Å²) in [5.41, 5.74) is 0. The van der Waals surface area contributed by atoms with Crippen molar-refractivity contribution in [2.24, 2.45) is 0 Å². The number of likely N-dealkylation sites (tertiary alicyclic amines) is 1. The van der Waals surface area contributed by atoms with Crippen LogP contribution in [0.15, 0.2) is 16.3 Å². The third-order valence-corrected chi connectivity index (χ3v) is 5.71. The zero-order chi connectivity index (χ0) is 12.5. The number of nitriles is 1. The Labute approximate surface area is 109 Å². The standard InChI is InChI=1S/C9H10ClN3O2S2/c10-8-1-2-9(16-8)17(14,15)12-7-3-4-13(5-7)6-11/h1-2,7,12H,3-5H2/t7-/m1/s1. The van der Waals surface area contributed by atoms with Gasteiger partial charge in [-0.3, -0.25) is 0 Å². The summed E-state index contributed by atoms with van der Waals surface area (Å²) < 4.78 is 27.1. The number of halogens is 1. The zero-order valence-electron chi connectivity index (χ0n) is 8.76. The second-order valence-corrected chi connectivity index (χ2v) is 7.37. The number of hydrogen-bond donors (Lipinski definition) is 1. The maximum Gasteiger partial charge on any atom is 0.250 e. The van der Waals surface area contributed by atoms with E-state index in [-0.39, 0.29) is 10.3 Å². The van der Waals surface area contributed by atoms with E-state index < -0.39 is 10.0 Å². The maximum atomic E-state index is 11.9. The van der Waals surface area contributed by atoms with E-state index in [4.69, 9.17) is 16.9 Å². The lowest BCUT2D eigenvalue weighted by Gasteiger charge is -2.11. The number of nitrogens with zero attached hydrogens (tertiary/aromatic N) is 2. The van der Waals surface area contributed by atoms with Crippen molar-refractivity contribution in [1.82, 2.24) is 9.62 Å². The zero-order valence-corrected chi connectivity index (χ0v) is 11.1. The fraction of sp³-hybridized carbons (Fsp3) is 0.444. The Bertz CT molecular complexity index is 549. The van der Waals surface area contributed by atoms with Crippen molar-refractivity contribution >= 4 is 33.0 Å². The lowest BCUT2D eigenvalue weighted by atomic mass is 10.3. The molecular formula is C9H10ClN3O2S2.